The van der Waals surface area contributed by atoms with Crippen LogP contribution in [0, 0.1) is 0 Å². The number of hydrogen-bond acceptors (Lipinski definition) is 5. The van der Waals surface area contributed by atoms with Gasteiger partial charge >= 0.3 is 6.36 Å². The second-order valence-electron chi connectivity index (χ2n) is 4.95. The van der Waals surface area contributed by atoms with Crippen molar-refractivity contribution in [1.82, 2.24) is 15.3 Å². The van der Waals surface area contributed by atoms with Gasteiger partial charge in [0, 0.05) is 20.3 Å². The van der Waals surface area contributed by atoms with Crippen molar-refractivity contribution in [2.75, 3.05) is 19.0 Å². The van der Waals surface area contributed by atoms with Crippen LogP contribution in [0.15, 0.2) is 36.5 Å². The fourth-order valence-corrected chi connectivity index (χ4v) is 1.85. The smallest absolute Gasteiger partial charge is 0.405 e. The number of benzene rings is 1. The van der Waals surface area contributed by atoms with Gasteiger partial charge in [0.15, 0.2) is 0 Å². The molecule has 0 bridgehead atoms. The third-order valence-corrected chi connectivity index (χ3v) is 2.91. The maximum atomic E-state index is 12.4. The summed E-state index contributed by atoms with van der Waals surface area (Å²) in [7, 11) is 3.60. The molecule has 1 aromatic carbocycles. The SMILES string of the molecule is CN(C)c1ccnc(CNC(=O)c2ccccc2OC(F)(F)F)n1. The lowest BCUT2D eigenvalue weighted by Crippen LogP contribution is -2.26. The first kappa shape index (κ1) is 17.5. The summed E-state index contributed by atoms with van der Waals surface area (Å²) >= 11 is 0. The minimum atomic E-state index is -4.88. The number of amides is 1. The predicted octanol–water partition coefficient (Wildman–Crippen LogP) is 2.37. The molecule has 1 N–H and O–H groups in total. The minimum Gasteiger partial charge on any atom is -0.405 e. The molecule has 1 amide bonds. The molecular weight excluding hydrogens is 325 g/mol. The highest BCUT2D eigenvalue weighted by atomic mass is 19.4. The van der Waals surface area contributed by atoms with E-state index in [9.17, 15) is 18.0 Å². The molecule has 0 saturated carbocycles. The number of carbonyl (C=O) groups is 1. The van der Waals surface area contributed by atoms with E-state index in [-0.39, 0.29) is 12.1 Å². The molecule has 0 fully saturated rings. The molecule has 1 heterocycles. The van der Waals surface area contributed by atoms with Crippen LogP contribution in [-0.4, -0.2) is 36.3 Å². The van der Waals surface area contributed by atoms with Crippen LogP contribution in [0.3, 0.4) is 0 Å². The third kappa shape index (κ3) is 4.83. The third-order valence-electron chi connectivity index (χ3n) is 2.91. The van der Waals surface area contributed by atoms with Crippen LogP contribution >= 0.6 is 0 Å². The van der Waals surface area contributed by atoms with Crippen molar-refractivity contribution in [3.63, 3.8) is 0 Å². The van der Waals surface area contributed by atoms with Crippen LogP contribution in [0.2, 0.25) is 0 Å². The fraction of sp³-hybridized carbons (Fsp3) is 0.267. The maximum absolute atomic E-state index is 12.4. The van der Waals surface area contributed by atoms with Gasteiger partial charge in [-0.25, -0.2) is 9.97 Å². The average Bonchev–Trinajstić information content (AvgIpc) is 2.52. The molecule has 0 radical (unpaired) electrons. The monoisotopic (exact) mass is 340 g/mol. The number of rotatable bonds is 5. The molecule has 0 spiro atoms. The standard InChI is InChI=1S/C15H15F3N4O2/c1-22(2)13-7-8-19-12(21-13)9-20-14(23)10-5-3-4-6-11(10)24-15(16,17)18/h3-8H,9H2,1-2H3,(H,20,23). The Hall–Kier alpha value is -2.84. The van der Waals surface area contributed by atoms with E-state index in [4.69, 9.17) is 0 Å². The molecule has 0 atom stereocenters. The molecule has 2 rings (SSSR count). The van der Waals surface area contributed by atoms with E-state index < -0.39 is 18.0 Å². The lowest BCUT2D eigenvalue weighted by molar-refractivity contribution is -0.274. The van der Waals surface area contributed by atoms with Gasteiger partial charge in [-0.1, -0.05) is 12.1 Å². The van der Waals surface area contributed by atoms with Crippen LogP contribution in [0.4, 0.5) is 19.0 Å². The summed E-state index contributed by atoms with van der Waals surface area (Å²) in [5.41, 5.74) is -0.224. The topological polar surface area (TPSA) is 67.4 Å². The molecule has 0 aliphatic carbocycles. The Morgan fingerprint density at radius 2 is 1.96 bits per heavy atom. The number of anilines is 1. The van der Waals surface area contributed by atoms with Gasteiger partial charge in [0.1, 0.15) is 17.4 Å². The second kappa shape index (κ2) is 7.16. The van der Waals surface area contributed by atoms with Crippen LogP contribution in [0.1, 0.15) is 16.2 Å². The number of ether oxygens (including phenoxy) is 1. The molecular formula is C15H15F3N4O2. The van der Waals surface area contributed by atoms with Gasteiger partial charge in [0.25, 0.3) is 5.91 Å². The van der Waals surface area contributed by atoms with Crippen LogP contribution in [-0.2, 0) is 6.54 Å². The summed E-state index contributed by atoms with van der Waals surface area (Å²) in [6, 6.07) is 6.81. The fourth-order valence-electron chi connectivity index (χ4n) is 1.85. The number of halogens is 3. The number of alkyl halides is 3. The van der Waals surface area contributed by atoms with E-state index in [1.807, 2.05) is 0 Å². The molecule has 24 heavy (non-hydrogen) atoms. The molecule has 0 saturated heterocycles. The normalized spacial score (nSPS) is 11.0. The van der Waals surface area contributed by atoms with Gasteiger partial charge in [-0.2, -0.15) is 0 Å². The zero-order valence-electron chi connectivity index (χ0n) is 13.0. The van der Waals surface area contributed by atoms with E-state index >= 15 is 0 Å². The van der Waals surface area contributed by atoms with Crippen molar-refractivity contribution in [3.8, 4) is 5.75 Å². The first-order valence-electron chi connectivity index (χ1n) is 6.88. The lowest BCUT2D eigenvalue weighted by atomic mass is 10.2. The molecule has 0 unspecified atom stereocenters. The Morgan fingerprint density at radius 3 is 2.62 bits per heavy atom. The van der Waals surface area contributed by atoms with Gasteiger partial charge in [-0.05, 0) is 18.2 Å². The Balaban J connectivity index is 2.09. The number of para-hydroxylation sites is 1. The Morgan fingerprint density at radius 1 is 1.25 bits per heavy atom. The zero-order valence-corrected chi connectivity index (χ0v) is 13.0. The summed E-state index contributed by atoms with van der Waals surface area (Å²) in [6.45, 7) is -0.0269. The summed E-state index contributed by atoms with van der Waals surface area (Å²) in [5, 5.41) is 2.48. The van der Waals surface area contributed by atoms with E-state index in [1.165, 1.54) is 24.4 Å². The van der Waals surface area contributed by atoms with Crippen molar-refractivity contribution < 1.29 is 22.7 Å². The number of nitrogens with one attached hydrogen (secondary N) is 1. The average molecular weight is 340 g/mol. The first-order chi connectivity index (χ1) is 11.3. The Bertz CT molecular complexity index is 720. The Labute approximate surface area is 136 Å². The quantitative estimate of drug-likeness (QED) is 0.905. The van der Waals surface area contributed by atoms with Gasteiger partial charge < -0.3 is 15.0 Å². The first-order valence-corrected chi connectivity index (χ1v) is 6.88. The van der Waals surface area contributed by atoms with Crippen molar-refractivity contribution in [2.24, 2.45) is 0 Å². The van der Waals surface area contributed by atoms with Gasteiger partial charge in [0.2, 0.25) is 0 Å². The number of hydrogen-bond donors (Lipinski definition) is 1. The van der Waals surface area contributed by atoms with Crippen LogP contribution < -0.4 is 15.0 Å². The summed E-state index contributed by atoms with van der Waals surface area (Å²) in [5.74, 6) is -0.294. The molecule has 2 aromatic rings. The molecule has 6 nitrogen and oxygen atoms in total. The summed E-state index contributed by atoms with van der Waals surface area (Å²) < 4.78 is 41.0. The van der Waals surface area contributed by atoms with Crippen molar-refractivity contribution in [2.45, 2.75) is 12.9 Å². The van der Waals surface area contributed by atoms with E-state index in [0.29, 0.717) is 11.6 Å². The number of aromatic nitrogens is 2. The maximum Gasteiger partial charge on any atom is 0.573 e. The minimum absolute atomic E-state index is 0.0269. The van der Waals surface area contributed by atoms with Crippen LogP contribution in [0.5, 0.6) is 5.75 Å². The molecule has 9 heteroatoms. The Kier molecular flexibility index (Phi) is 5.22. The highest BCUT2D eigenvalue weighted by Crippen LogP contribution is 2.26. The van der Waals surface area contributed by atoms with E-state index in [1.54, 1.807) is 25.1 Å². The van der Waals surface area contributed by atoms with E-state index in [2.05, 4.69) is 20.0 Å². The summed E-state index contributed by atoms with van der Waals surface area (Å²) in [4.78, 5) is 22.1. The highest BCUT2D eigenvalue weighted by Gasteiger charge is 2.32. The molecule has 0 aliphatic rings. The van der Waals surface area contributed by atoms with Gasteiger partial charge in [0.05, 0.1) is 12.1 Å². The number of carbonyl (C=O) groups excluding carboxylic acids is 1. The number of nitrogens with zero attached hydrogens (tertiary/aromatic N) is 3. The largest absolute Gasteiger partial charge is 0.573 e. The van der Waals surface area contributed by atoms with Gasteiger partial charge in [-0.3, -0.25) is 4.79 Å². The highest BCUT2D eigenvalue weighted by molar-refractivity contribution is 5.96. The summed E-state index contributed by atoms with van der Waals surface area (Å²) in [6.07, 6.45) is -3.34. The molecule has 128 valence electrons. The molecule has 1 aromatic heterocycles. The second-order valence-corrected chi connectivity index (χ2v) is 4.95. The van der Waals surface area contributed by atoms with Crippen molar-refractivity contribution in [3.05, 3.63) is 47.9 Å². The van der Waals surface area contributed by atoms with Gasteiger partial charge in [-0.15, -0.1) is 13.2 Å². The van der Waals surface area contributed by atoms with Crippen LogP contribution in [0.25, 0.3) is 0 Å². The van der Waals surface area contributed by atoms with Crippen molar-refractivity contribution >= 4 is 11.7 Å². The van der Waals surface area contributed by atoms with Crippen molar-refractivity contribution in [1.29, 1.82) is 0 Å². The lowest BCUT2D eigenvalue weighted by Gasteiger charge is -2.14. The molecule has 0 aliphatic heterocycles. The predicted molar refractivity (Wildman–Crippen MR) is 80.7 cm³/mol. The van der Waals surface area contributed by atoms with E-state index in [0.717, 1.165) is 6.07 Å². The zero-order chi connectivity index (χ0) is 17.7.